The van der Waals surface area contributed by atoms with Crippen molar-refractivity contribution in [2.45, 2.75) is 105 Å². The Balaban J connectivity index is 1.37. The first-order valence-electron chi connectivity index (χ1n) is 24.2. The maximum Gasteiger partial charge on any atom is 0.264 e. The minimum atomic E-state index is -0.0794. The van der Waals surface area contributed by atoms with Crippen LogP contribution < -0.4 is 30.4 Å². The number of hydrogen-bond donors (Lipinski definition) is 0. The molecule has 0 unspecified atom stereocenters. The second-order valence-corrected chi connectivity index (χ2v) is 24.1. The van der Waals surface area contributed by atoms with Gasteiger partial charge in [0, 0.05) is 54.7 Å². The molecule has 0 atom stereocenters. The second-order valence-electron chi connectivity index (χ2n) is 23.0. The van der Waals surface area contributed by atoms with E-state index in [-0.39, 0.29) is 28.4 Å². The van der Waals surface area contributed by atoms with E-state index in [0.29, 0.717) is 11.1 Å². The Morgan fingerprint density at radius 2 is 0.884 bits per heavy atom. The Bertz CT molecular complexity index is 3320. The molecule has 0 bridgehead atoms. The van der Waals surface area contributed by atoms with Crippen LogP contribution in [0.4, 0.5) is 51.2 Å². The molecule has 2 aliphatic rings. The van der Waals surface area contributed by atoms with Gasteiger partial charge in [-0.15, -0.1) is 11.3 Å². The SMILES string of the molecule is CC(C)(C)c1ccc(N2c3ccc(C(C)(C)C)cc3B3c4sc5ccc(C(C)(C)C)cc5c4N(c4ccc(C(C)(C)C)cc4)c4cc(N(c5ccc(C#N)cc5)c5ccc(C#N)cc5)cc2c43)cc1. The normalized spacial score (nSPS) is 13.4. The van der Waals surface area contributed by atoms with Crippen LogP contribution >= 0.6 is 11.3 Å². The fraction of sp³-hybridized carbons (Fsp3) is 0.258. The molecule has 0 radical (unpaired) electrons. The van der Waals surface area contributed by atoms with E-state index in [1.54, 1.807) is 0 Å². The number of rotatable bonds is 5. The highest BCUT2D eigenvalue weighted by Gasteiger charge is 2.46. The summed E-state index contributed by atoms with van der Waals surface area (Å²) in [4.78, 5) is 7.33. The standard InChI is InChI=1S/C62H60BN5S/c1-59(2,3)41-17-27-47(28-18-41)67-52-31-21-44(62(10,11)12)34-51(52)63-56-53(67)35-49(66(45-23-13-39(37-64)14-24-45)46-25-15-40(38-65)16-26-46)36-54(56)68(48-29-19-42(20-30-48)60(4,5)6)57-50-33-43(61(7,8)9)22-32-55(50)69-58(57)63/h13-36H,1-12H3. The van der Waals surface area contributed by atoms with Crippen molar-refractivity contribution < 1.29 is 0 Å². The molecule has 342 valence electrons. The van der Waals surface area contributed by atoms with Crippen LogP contribution in [0.15, 0.2) is 146 Å². The van der Waals surface area contributed by atoms with Crippen LogP contribution in [0, 0.1) is 22.7 Å². The maximum atomic E-state index is 9.93. The molecule has 3 heterocycles. The van der Waals surface area contributed by atoms with E-state index in [0.717, 1.165) is 45.5 Å². The lowest BCUT2D eigenvalue weighted by atomic mass is 9.36. The fourth-order valence-electron chi connectivity index (χ4n) is 10.1. The van der Waals surface area contributed by atoms with E-state index in [4.69, 9.17) is 0 Å². The molecule has 5 nitrogen and oxygen atoms in total. The van der Waals surface area contributed by atoms with E-state index in [1.165, 1.54) is 53.7 Å². The summed E-state index contributed by atoms with van der Waals surface area (Å²) >= 11 is 1.93. The van der Waals surface area contributed by atoms with Gasteiger partial charge in [0.05, 0.1) is 34.6 Å². The summed E-state index contributed by atoms with van der Waals surface area (Å²) in [7, 11) is 0. The van der Waals surface area contributed by atoms with Gasteiger partial charge in [-0.1, -0.05) is 126 Å². The molecule has 0 fully saturated rings. The lowest BCUT2D eigenvalue weighted by Crippen LogP contribution is -2.60. The summed E-state index contributed by atoms with van der Waals surface area (Å²) < 4.78 is 2.60. The Kier molecular flexibility index (Phi) is 10.8. The van der Waals surface area contributed by atoms with E-state index >= 15 is 0 Å². The van der Waals surface area contributed by atoms with Crippen LogP contribution in [-0.4, -0.2) is 6.71 Å². The second kappa shape index (κ2) is 16.3. The molecule has 0 saturated heterocycles. The third-order valence-corrected chi connectivity index (χ3v) is 15.4. The van der Waals surface area contributed by atoms with E-state index < -0.39 is 0 Å². The van der Waals surface area contributed by atoms with Gasteiger partial charge in [-0.3, -0.25) is 0 Å². The molecule has 8 aromatic rings. The van der Waals surface area contributed by atoms with E-state index in [1.807, 2.05) is 59.9 Å². The molecular weight excluding hydrogens is 858 g/mol. The third-order valence-electron chi connectivity index (χ3n) is 14.1. The van der Waals surface area contributed by atoms with Crippen molar-refractivity contribution in [1.29, 1.82) is 10.5 Å². The van der Waals surface area contributed by atoms with E-state index in [2.05, 4.69) is 207 Å². The number of fused-ring (bicyclic) bond motifs is 6. The van der Waals surface area contributed by atoms with Gasteiger partial charge in [-0.2, -0.15) is 10.5 Å². The zero-order valence-corrected chi connectivity index (χ0v) is 42.9. The number of thiophene rings is 1. The van der Waals surface area contributed by atoms with Crippen LogP contribution in [0.3, 0.4) is 0 Å². The van der Waals surface area contributed by atoms with Gasteiger partial charge in [0.25, 0.3) is 6.71 Å². The van der Waals surface area contributed by atoms with Gasteiger partial charge in [0.15, 0.2) is 0 Å². The molecule has 0 N–H and O–H groups in total. The molecule has 1 aromatic heterocycles. The summed E-state index contributed by atoms with van der Waals surface area (Å²) in [5, 5.41) is 21.1. The highest BCUT2D eigenvalue weighted by atomic mass is 32.1. The highest BCUT2D eigenvalue weighted by molar-refractivity contribution is 7.33. The highest BCUT2D eigenvalue weighted by Crippen LogP contribution is 2.51. The van der Waals surface area contributed by atoms with Crippen molar-refractivity contribution in [3.8, 4) is 12.1 Å². The van der Waals surface area contributed by atoms with Gasteiger partial charge in [-0.05, 0) is 158 Å². The van der Waals surface area contributed by atoms with Crippen LogP contribution in [0.2, 0.25) is 0 Å². The predicted molar refractivity (Wildman–Crippen MR) is 295 cm³/mol. The summed E-state index contributed by atoms with van der Waals surface area (Å²) in [6, 6.07) is 57.8. The first-order chi connectivity index (χ1) is 32.6. The van der Waals surface area contributed by atoms with Crippen LogP contribution in [-0.2, 0) is 21.7 Å². The quantitative estimate of drug-likeness (QED) is 0.161. The minimum absolute atomic E-state index is 0.0136. The Labute approximate surface area is 414 Å². The largest absolute Gasteiger partial charge is 0.311 e. The summed E-state index contributed by atoms with van der Waals surface area (Å²) in [6.07, 6.45) is 0. The molecule has 7 heteroatoms. The fourth-order valence-corrected chi connectivity index (χ4v) is 11.4. The Morgan fingerprint density at radius 3 is 1.36 bits per heavy atom. The molecule has 0 amide bonds. The molecule has 0 saturated carbocycles. The number of nitriles is 2. The smallest absolute Gasteiger partial charge is 0.264 e. The number of anilines is 9. The van der Waals surface area contributed by atoms with Crippen molar-refractivity contribution in [2.75, 3.05) is 14.7 Å². The van der Waals surface area contributed by atoms with Crippen molar-refractivity contribution in [3.63, 3.8) is 0 Å². The maximum absolute atomic E-state index is 9.93. The van der Waals surface area contributed by atoms with Gasteiger partial charge < -0.3 is 14.7 Å². The molecule has 0 spiro atoms. The Morgan fingerprint density at radius 1 is 0.449 bits per heavy atom. The molecule has 69 heavy (non-hydrogen) atoms. The number of nitrogens with zero attached hydrogens (tertiary/aromatic N) is 5. The predicted octanol–water partition coefficient (Wildman–Crippen LogP) is 15.4. The summed E-state index contributed by atoms with van der Waals surface area (Å²) in [5.74, 6) is 0. The van der Waals surface area contributed by atoms with Crippen LogP contribution in [0.1, 0.15) is 116 Å². The zero-order valence-electron chi connectivity index (χ0n) is 42.1. The summed E-state index contributed by atoms with van der Waals surface area (Å²) in [6.45, 7) is 27.4. The molecule has 7 aromatic carbocycles. The lowest BCUT2D eigenvalue weighted by Gasteiger charge is -2.44. The van der Waals surface area contributed by atoms with Crippen LogP contribution in [0.5, 0.6) is 0 Å². The van der Waals surface area contributed by atoms with Gasteiger partial charge in [0.2, 0.25) is 0 Å². The van der Waals surface area contributed by atoms with Crippen molar-refractivity contribution in [1.82, 2.24) is 0 Å². The monoisotopic (exact) mass is 917 g/mol. The molecule has 0 aliphatic carbocycles. The zero-order chi connectivity index (χ0) is 48.9. The average molecular weight is 918 g/mol. The van der Waals surface area contributed by atoms with Gasteiger partial charge >= 0.3 is 0 Å². The van der Waals surface area contributed by atoms with Crippen molar-refractivity contribution in [3.05, 3.63) is 179 Å². The first kappa shape index (κ1) is 45.7. The number of benzene rings is 7. The Hall–Kier alpha value is -7.06. The molecular formula is C62H60BN5S. The van der Waals surface area contributed by atoms with E-state index in [9.17, 15) is 10.5 Å². The first-order valence-corrected chi connectivity index (χ1v) is 25.0. The van der Waals surface area contributed by atoms with Gasteiger partial charge in [-0.25, -0.2) is 0 Å². The topological polar surface area (TPSA) is 57.3 Å². The molecule has 2 aliphatic heterocycles. The number of hydrogen-bond acceptors (Lipinski definition) is 6. The molecule has 10 rings (SSSR count). The lowest BCUT2D eigenvalue weighted by molar-refractivity contribution is 0.590. The third kappa shape index (κ3) is 7.98. The summed E-state index contributed by atoms with van der Waals surface area (Å²) in [5.41, 5.74) is 18.3. The van der Waals surface area contributed by atoms with Crippen LogP contribution in [0.25, 0.3) is 10.1 Å². The average Bonchev–Trinajstić information content (AvgIpc) is 3.69. The van der Waals surface area contributed by atoms with Crippen molar-refractivity contribution >= 4 is 95.0 Å². The van der Waals surface area contributed by atoms with Crippen molar-refractivity contribution in [2.24, 2.45) is 0 Å². The minimum Gasteiger partial charge on any atom is -0.311 e. The van der Waals surface area contributed by atoms with Gasteiger partial charge in [0.1, 0.15) is 0 Å².